The van der Waals surface area contributed by atoms with Crippen LogP contribution in [0.4, 0.5) is 0 Å². The Morgan fingerprint density at radius 1 is 0.789 bits per heavy atom. The zero-order chi connectivity index (χ0) is 14.3. The summed E-state index contributed by atoms with van der Waals surface area (Å²) in [6, 6.07) is 10.9. The van der Waals surface area contributed by atoms with Gasteiger partial charge in [-0.2, -0.15) is 16.8 Å². The molecule has 2 aromatic carbocycles. The first-order chi connectivity index (χ1) is 8.69. The van der Waals surface area contributed by atoms with Crippen LogP contribution >= 0.6 is 0 Å². The summed E-state index contributed by atoms with van der Waals surface area (Å²) in [7, 11) is -9.96. The Balaban J connectivity index is 2.71. The molecule has 0 saturated heterocycles. The number of fused-ring (bicyclic) bond motifs is 1. The quantitative estimate of drug-likeness (QED) is 0.834. The van der Waals surface area contributed by atoms with Crippen molar-refractivity contribution in [2.45, 2.75) is 4.58 Å². The fourth-order valence-electron chi connectivity index (χ4n) is 1.85. The van der Waals surface area contributed by atoms with Crippen molar-refractivity contribution < 1.29 is 25.9 Å². The van der Waals surface area contributed by atoms with E-state index in [9.17, 15) is 16.8 Å². The van der Waals surface area contributed by atoms with Crippen molar-refractivity contribution in [3.8, 4) is 0 Å². The highest BCUT2D eigenvalue weighted by Gasteiger charge is 2.37. The van der Waals surface area contributed by atoms with E-state index in [1.807, 2.05) is 0 Å². The normalized spacial score (nSPS) is 13.0. The molecule has 0 spiro atoms. The molecule has 0 unspecified atom stereocenters. The van der Waals surface area contributed by atoms with Crippen molar-refractivity contribution in [2.75, 3.05) is 0 Å². The number of rotatable bonds is 3. The molecule has 0 radical (unpaired) electrons. The van der Waals surface area contributed by atoms with E-state index in [1.54, 1.807) is 24.3 Å². The molecule has 0 amide bonds. The van der Waals surface area contributed by atoms with Gasteiger partial charge in [0.1, 0.15) is 0 Å². The molecular weight excluding hydrogens is 292 g/mol. The topological polar surface area (TPSA) is 109 Å². The van der Waals surface area contributed by atoms with Gasteiger partial charge in [-0.15, -0.1) is 0 Å². The minimum atomic E-state index is -4.98. The van der Waals surface area contributed by atoms with Crippen molar-refractivity contribution in [1.29, 1.82) is 0 Å². The van der Waals surface area contributed by atoms with Gasteiger partial charge >= 0.3 is 0 Å². The molecule has 8 heteroatoms. The Morgan fingerprint density at radius 2 is 1.32 bits per heavy atom. The number of hydrogen-bond donors (Lipinski definition) is 2. The van der Waals surface area contributed by atoms with Crippen molar-refractivity contribution >= 4 is 31.0 Å². The van der Waals surface area contributed by atoms with E-state index in [0.29, 0.717) is 5.39 Å². The molecule has 102 valence electrons. The van der Waals surface area contributed by atoms with Gasteiger partial charge in [-0.25, -0.2) is 0 Å². The molecule has 0 aliphatic rings. The second-order valence-corrected chi connectivity index (χ2v) is 7.27. The zero-order valence-electron chi connectivity index (χ0n) is 9.46. The average Bonchev–Trinajstić information content (AvgIpc) is 2.25. The van der Waals surface area contributed by atoms with Crippen LogP contribution in [0.25, 0.3) is 10.8 Å². The molecular formula is C11H10O6S2. The lowest BCUT2D eigenvalue weighted by atomic mass is 10.1. The predicted molar refractivity (Wildman–Crippen MR) is 69.8 cm³/mol. The maximum absolute atomic E-state index is 11.1. The summed E-state index contributed by atoms with van der Waals surface area (Å²) in [5, 5.41) is 1.37. The van der Waals surface area contributed by atoms with Gasteiger partial charge in [0.15, 0.2) is 0 Å². The third-order valence-corrected chi connectivity index (χ3v) is 5.67. The fourth-order valence-corrected chi connectivity index (χ4v) is 4.06. The Kier molecular flexibility index (Phi) is 3.35. The Bertz CT molecular complexity index is 791. The van der Waals surface area contributed by atoms with Gasteiger partial charge in [-0.3, -0.25) is 9.11 Å². The van der Waals surface area contributed by atoms with Gasteiger partial charge in [0.05, 0.1) is 0 Å². The van der Waals surface area contributed by atoms with E-state index in [4.69, 9.17) is 9.11 Å². The third-order valence-electron chi connectivity index (χ3n) is 2.59. The van der Waals surface area contributed by atoms with Crippen molar-refractivity contribution in [1.82, 2.24) is 0 Å². The summed E-state index contributed by atoms with van der Waals surface area (Å²) in [4.78, 5) is 0. The van der Waals surface area contributed by atoms with Gasteiger partial charge in [0.25, 0.3) is 20.2 Å². The fraction of sp³-hybridized carbons (Fsp3) is 0.0909. The summed E-state index contributed by atoms with van der Waals surface area (Å²) < 4.78 is 60.1. The van der Waals surface area contributed by atoms with Crippen LogP contribution in [-0.4, -0.2) is 25.9 Å². The summed E-state index contributed by atoms with van der Waals surface area (Å²) in [6.45, 7) is 0. The van der Waals surface area contributed by atoms with Crippen LogP contribution in [0.5, 0.6) is 0 Å². The maximum atomic E-state index is 11.1. The monoisotopic (exact) mass is 302 g/mol. The predicted octanol–water partition coefficient (Wildman–Crippen LogP) is 1.61. The second kappa shape index (κ2) is 4.57. The first-order valence-corrected chi connectivity index (χ1v) is 8.11. The van der Waals surface area contributed by atoms with Crippen molar-refractivity contribution in [2.24, 2.45) is 0 Å². The standard InChI is InChI=1S/C11H10O6S2/c12-18(13,14)11(19(15,16)17)10-6-5-8-3-1-2-4-9(8)7-10/h1-7,11H,(H,12,13,14)(H,15,16,17). The molecule has 19 heavy (non-hydrogen) atoms. The molecule has 0 fully saturated rings. The highest BCUT2D eigenvalue weighted by molar-refractivity contribution is 8.03. The van der Waals surface area contributed by atoms with Gasteiger partial charge < -0.3 is 0 Å². The summed E-state index contributed by atoms with van der Waals surface area (Å²) >= 11 is 0. The average molecular weight is 302 g/mol. The Hall–Kier alpha value is -1.48. The lowest BCUT2D eigenvalue weighted by molar-refractivity contribution is 0.456. The Labute approximate surface area is 110 Å². The lowest BCUT2D eigenvalue weighted by Gasteiger charge is -2.11. The molecule has 0 aromatic heterocycles. The van der Waals surface area contributed by atoms with Crippen LogP contribution in [0, 0.1) is 0 Å². The van der Waals surface area contributed by atoms with Gasteiger partial charge in [-0.1, -0.05) is 36.4 Å². The number of benzene rings is 2. The SMILES string of the molecule is O=S(=O)(O)C(c1ccc2ccccc2c1)S(=O)(=O)O. The number of hydrogen-bond acceptors (Lipinski definition) is 4. The van der Waals surface area contributed by atoms with Gasteiger partial charge in [0, 0.05) is 0 Å². The van der Waals surface area contributed by atoms with Gasteiger partial charge in [-0.05, 0) is 22.4 Å². The molecule has 6 nitrogen and oxygen atoms in total. The lowest BCUT2D eigenvalue weighted by Crippen LogP contribution is -2.21. The first-order valence-electron chi connectivity index (χ1n) is 5.11. The highest BCUT2D eigenvalue weighted by Crippen LogP contribution is 2.29. The van der Waals surface area contributed by atoms with Crippen LogP contribution in [0.1, 0.15) is 10.1 Å². The van der Waals surface area contributed by atoms with E-state index in [0.717, 1.165) is 5.39 Å². The van der Waals surface area contributed by atoms with Crippen LogP contribution in [0.3, 0.4) is 0 Å². The summed E-state index contributed by atoms with van der Waals surface area (Å²) in [5.41, 5.74) is -0.219. The molecule has 0 saturated carbocycles. The molecule has 2 N–H and O–H groups in total. The minimum absolute atomic E-state index is 0.219. The van der Waals surface area contributed by atoms with E-state index in [1.165, 1.54) is 18.2 Å². The maximum Gasteiger partial charge on any atom is 0.289 e. The largest absolute Gasteiger partial charge is 0.289 e. The van der Waals surface area contributed by atoms with Crippen LogP contribution in [0.2, 0.25) is 0 Å². The smallest absolute Gasteiger partial charge is 0.284 e. The van der Waals surface area contributed by atoms with Crippen LogP contribution in [0.15, 0.2) is 42.5 Å². The molecule has 0 heterocycles. The second-order valence-electron chi connectivity index (χ2n) is 3.97. The summed E-state index contributed by atoms with van der Waals surface area (Å²) in [5.74, 6) is 0. The molecule has 2 aromatic rings. The molecule has 0 aliphatic carbocycles. The molecule has 2 rings (SSSR count). The van der Waals surface area contributed by atoms with Crippen molar-refractivity contribution in [3.05, 3.63) is 48.0 Å². The van der Waals surface area contributed by atoms with Crippen LogP contribution < -0.4 is 0 Å². The highest BCUT2D eigenvalue weighted by atomic mass is 32.3. The van der Waals surface area contributed by atoms with E-state index >= 15 is 0 Å². The molecule has 0 atom stereocenters. The Morgan fingerprint density at radius 3 is 1.84 bits per heavy atom. The van der Waals surface area contributed by atoms with Gasteiger partial charge in [0.2, 0.25) is 4.58 Å². The van der Waals surface area contributed by atoms with Crippen LogP contribution in [-0.2, 0) is 20.2 Å². The zero-order valence-corrected chi connectivity index (χ0v) is 11.1. The van der Waals surface area contributed by atoms with E-state index in [2.05, 4.69) is 0 Å². The third kappa shape index (κ3) is 2.92. The van der Waals surface area contributed by atoms with Crippen molar-refractivity contribution in [3.63, 3.8) is 0 Å². The summed E-state index contributed by atoms with van der Waals surface area (Å²) in [6.07, 6.45) is 0. The molecule has 0 aliphatic heterocycles. The molecule has 0 bridgehead atoms. The minimum Gasteiger partial charge on any atom is -0.284 e. The van der Waals surface area contributed by atoms with E-state index in [-0.39, 0.29) is 5.56 Å². The van der Waals surface area contributed by atoms with E-state index < -0.39 is 24.8 Å². The first kappa shape index (κ1) is 13.9.